The third kappa shape index (κ3) is 3.54. The van der Waals surface area contributed by atoms with Crippen molar-refractivity contribution in [3.63, 3.8) is 0 Å². The number of hydrogen-bond donors (Lipinski definition) is 2. The third-order valence-electron chi connectivity index (χ3n) is 2.97. The van der Waals surface area contributed by atoms with Crippen molar-refractivity contribution >= 4 is 11.8 Å². The average Bonchev–Trinajstić information content (AvgIpc) is 2.39. The maximum Gasteiger partial charge on any atom is 0.305 e. The van der Waals surface area contributed by atoms with Crippen LogP contribution in [0.15, 0.2) is 30.3 Å². The minimum Gasteiger partial charge on any atom is -0.481 e. The van der Waals surface area contributed by atoms with E-state index in [0.717, 1.165) is 16.8 Å². The van der Waals surface area contributed by atoms with Crippen molar-refractivity contribution in [3.8, 4) is 11.3 Å². The summed E-state index contributed by atoms with van der Waals surface area (Å²) in [5.41, 5.74) is 4.24. The van der Waals surface area contributed by atoms with Gasteiger partial charge in [-0.25, -0.2) is 0 Å². The van der Waals surface area contributed by atoms with Gasteiger partial charge in [-0.05, 0) is 31.5 Å². The Morgan fingerprint density at radius 1 is 1.20 bits per heavy atom. The molecule has 1 heterocycles. The van der Waals surface area contributed by atoms with Crippen molar-refractivity contribution in [1.82, 2.24) is 10.2 Å². The molecule has 2 rings (SSSR count). The van der Waals surface area contributed by atoms with E-state index in [0.29, 0.717) is 12.4 Å². The van der Waals surface area contributed by atoms with Crippen LogP contribution in [0.25, 0.3) is 11.3 Å². The molecular formula is C15H17N3O2. The molecule has 20 heavy (non-hydrogen) atoms. The number of nitrogens with one attached hydrogen (secondary N) is 1. The molecule has 1 aromatic carbocycles. The summed E-state index contributed by atoms with van der Waals surface area (Å²) in [6, 6.07) is 9.88. The first-order chi connectivity index (χ1) is 9.56. The van der Waals surface area contributed by atoms with E-state index in [2.05, 4.69) is 28.5 Å². The van der Waals surface area contributed by atoms with Gasteiger partial charge in [0.2, 0.25) is 0 Å². The Labute approximate surface area is 117 Å². The quantitative estimate of drug-likeness (QED) is 0.874. The van der Waals surface area contributed by atoms with E-state index < -0.39 is 5.97 Å². The Balaban J connectivity index is 2.09. The number of carboxylic acids is 1. The van der Waals surface area contributed by atoms with Gasteiger partial charge in [0.05, 0.1) is 12.1 Å². The smallest absolute Gasteiger partial charge is 0.305 e. The highest BCUT2D eigenvalue weighted by Gasteiger charge is 2.05. The second-order valence-electron chi connectivity index (χ2n) is 4.69. The second-order valence-corrected chi connectivity index (χ2v) is 4.69. The summed E-state index contributed by atoms with van der Waals surface area (Å²) in [6.45, 7) is 4.44. The van der Waals surface area contributed by atoms with E-state index >= 15 is 0 Å². The fourth-order valence-corrected chi connectivity index (χ4v) is 1.97. The van der Waals surface area contributed by atoms with Crippen LogP contribution in [0.3, 0.4) is 0 Å². The van der Waals surface area contributed by atoms with E-state index in [1.54, 1.807) is 0 Å². The largest absolute Gasteiger partial charge is 0.481 e. The topological polar surface area (TPSA) is 75.1 Å². The molecule has 0 amide bonds. The van der Waals surface area contributed by atoms with Crippen LogP contribution in [0.2, 0.25) is 0 Å². The fourth-order valence-electron chi connectivity index (χ4n) is 1.97. The number of aryl methyl sites for hydroxylation is 2. The summed E-state index contributed by atoms with van der Waals surface area (Å²) < 4.78 is 0. The molecule has 0 aliphatic rings. The predicted octanol–water partition coefficient (Wildman–Crippen LogP) is 2.65. The van der Waals surface area contributed by atoms with Crippen LogP contribution in [0, 0.1) is 13.8 Å². The number of carboxylic acid groups (broad SMARTS) is 1. The van der Waals surface area contributed by atoms with Gasteiger partial charge in [-0.2, -0.15) is 0 Å². The van der Waals surface area contributed by atoms with Gasteiger partial charge in [-0.1, -0.05) is 23.8 Å². The molecule has 0 aliphatic carbocycles. The summed E-state index contributed by atoms with van der Waals surface area (Å²) in [5.74, 6) is -0.253. The molecule has 5 nitrogen and oxygen atoms in total. The zero-order valence-corrected chi connectivity index (χ0v) is 11.6. The molecule has 0 atom stereocenters. The van der Waals surface area contributed by atoms with Crippen molar-refractivity contribution in [2.45, 2.75) is 20.3 Å². The predicted molar refractivity (Wildman–Crippen MR) is 77.7 cm³/mol. The van der Waals surface area contributed by atoms with Gasteiger partial charge in [0, 0.05) is 12.1 Å². The van der Waals surface area contributed by atoms with Crippen molar-refractivity contribution in [2.24, 2.45) is 0 Å². The van der Waals surface area contributed by atoms with Crippen molar-refractivity contribution in [2.75, 3.05) is 11.9 Å². The number of carbonyl (C=O) groups is 1. The molecule has 2 aromatic rings. The number of benzene rings is 1. The van der Waals surface area contributed by atoms with Gasteiger partial charge in [-0.15, -0.1) is 10.2 Å². The molecule has 1 aromatic heterocycles. The highest BCUT2D eigenvalue weighted by Crippen LogP contribution is 2.22. The molecule has 5 heteroatoms. The number of anilines is 1. The first-order valence-electron chi connectivity index (χ1n) is 6.43. The van der Waals surface area contributed by atoms with Gasteiger partial charge in [0.15, 0.2) is 0 Å². The van der Waals surface area contributed by atoms with Crippen molar-refractivity contribution in [1.29, 1.82) is 0 Å². The zero-order chi connectivity index (χ0) is 14.5. The van der Waals surface area contributed by atoms with Crippen LogP contribution >= 0.6 is 0 Å². The van der Waals surface area contributed by atoms with Crippen LogP contribution in [-0.2, 0) is 4.79 Å². The minimum absolute atomic E-state index is 0.0561. The number of aliphatic carboxylic acids is 1. The van der Waals surface area contributed by atoms with Crippen LogP contribution in [0.1, 0.15) is 17.5 Å². The summed E-state index contributed by atoms with van der Waals surface area (Å²) in [6.07, 6.45) is 0.0561. The van der Waals surface area contributed by atoms with E-state index in [1.807, 2.05) is 31.2 Å². The summed E-state index contributed by atoms with van der Waals surface area (Å²) in [7, 11) is 0. The SMILES string of the molecule is Cc1ccc(-c2ccc(NCCC(=O)O)nn2)c(C)c1. The third-order valence-corrected chi connectivity index (χ3v) is 2.97. The Hall–Kier alpha value is -2.43. The lowest BCUT2D eigenvalue weighted by Crippen LogP contribution is -2.09. The molecule has 2 N–H and O–H groups in total. The summed E-state index contributed by atoms with van der Waals surface area (Å²) in [5, 5.41) is 19.7. The molecular weight excluding hydrogens is 254 g/mol. The van der Waals surface area contributed by atoms with Gasteiger partial charge in [-0.3, -0.25) is 4.79 Å². The maximum absolute atomic E-state index is 10.4. The second kappa shape index (κ2) is 6.14. The van der Waals surface area contributed by atoms with Gasteiger partial charge >= 0.3 is 5.97 Å². The summed E-state index contributed by atoms with van der Waals surface area (Å²) >= 11 is 0. The number of hydrogen-bond acceptors (Lipinski definition) is 4. The lowest BCUT2D eigenvalue weighted by Gasteiger charge is -2.07. The maximum atomic E-state index is 10.4. The van der Waals surface area contributed by atoms with Crippen molar-refractivity contribution in [3.05, 3.63) is 41.5 Å². The van der Waals surface area contributed by atoms with E-state index in [4.69, 9.17) is 5.11 Å². The zero-order valence-electron chi connectivity index (χ0n) is 11.6. The molecule has 104 valence electrons. The summed E-state index contributed by atoms with van der Waals surface area (Å²) in [4.78, 5) is 10.4. The van der Waals surface area contributed by atoms with E-state index in [9.17, 15) is 4.79 Å². The normalized spacial score (nSPS) is 10.3. The van der Waals surface area contributed by atoms with Crippen LogP contribution in [-0.4, -0.2) is 27.8 Å². The standard InChI is InChI=1S/C15H17N3O2/c1-10-3-4-12(11(2)9-10)13-5-6-14(18-17-13)16-8-7-15(19)20/h3-6,9H,7-8H2,1-2H3,(H,16,18)(H,19,20). The average molecular weight is 271 g/mol. The highest BCUT2D eigenvalue weighted by atomic mass is 16.4. The number of rotatable bonds is 5. The number of nitrogens with zero attached hydrogens (tertiary/aromatic N) is 2. The van der Waals surface area contributed by atoms with E-state index in [1.165, 1.54) is 5.56 Å². The van der Waals surface area contributed by atoms with Gasteiger partial charge in [0.1, 0.15) is 5.82 Å². The fraction of sp³-hybridized carbons (Fsp3) is 0.267. The lowest BCUT2D eigenvalue weighted by molar-refractivity contribution is -0.136. The minimum atomic E-state index is -0.836. The Morgan fingerprint density at radius 3 is 2.60 bits per heavy atom. The molecule has 0 radical (unpaired) electrons. The Morgan fingerprint density at radius 2 is 2.00 bits per heavy atom. The molecule has 0 fully saturated rings. The molecule has 0 aliphatic heterocycles. The highest BCUT2D eigenvalue weighted by molar-refractivity contribution is 5.67. The van der Waals surface area contributed by atoms with Crippen LogP contribution in [0.4, 0.5) is 5.82 Å². The lowest BCUT2D eigenvalue weighted by atomic mass is 10.0. The van der Waals surface area contributed by atoms with E-state index in [-0.39, 0.29) is 6.42 Å². The Bertz CT molecular complexity index is 609. The van der Waals surface area contributed by atoms with Crippen molar-refractivity contribution < 1.29 is 9.90 Å². The molecule has 0 saturated carbocycles. The molecule has 0 bridgehead atoms. The van der Waals surface area contributed by atoms with Gasteiger partial charge in [0.25, 0.3) is 0 Å². The monoisotopic (exact) mass is 271 g/mol. The van der Waals surface area contributed by atoms with Crippen LogP contribution in [0.5, 0.6) is 0 Å². The molecule has 0 spiro atoms. The van der Waals surface area contributed by atoms with Gasteiger partial charge < -0.3 is 10.4 Å². The van der Waals surface area contributed by atoms with Crippen LogP contribution < -0.4 is 5.32 Å². The first kappa shape index (κ1) is 14.0. The molecule has 0 saturated heterocycles. The molecule has 0 unspecified atom stereocenters. The Kier molecular flexibility index (Phi) is 4.30. The number of aromatic nitrogens is 2. The first-order valence-corrected chi connectivity index (χ1v) is 6.43.